The second kappa shape index (κ2) is 8.58. The number of rotatable bonds is 7. The molecule has 2 N–H and O–H groups in total. The Morgan fingerprint density at radius 2 is 1.85 bits per heavy atom. The number of carboxylic acid groups (broad SMARTS) is 1. The Bertz CT molecular complexity index is 802. The van der Waals surface area contributed by atoms with Gasteiger partial charge in [-0.15, -0.1) is 0 Å². The van der Waals surface area contributed by atoms with Crippen molar-refractivity contribution in [3.8, 4) is 11.5 Å². The summed E-state index contributed by atoms with van der Waals surface area (Å²) in [6.07, 6.45) is 0. The van der Waals surface area contributed by atoms with Crippen LogP contribution in [0.4, 0.5) is 5.69 Å². The maximum absolute atomic E-state index is 12.1. The van der Waals surface area contributed by atoms with Crippen molar-refractivity contribution in [3.63, 3.8) is 0 Å². The van der Waals surface area contributed by atoms with Gasteiger partial charge in [0.2, 0.25) is 0 Å². The molecule has 0 radical (unpaired) electrons. The summed E-state index contributed by atoms with van der Waals surface area (Å²) in [4.78, 5) is 23.3. The number of hydrogen-bond acceptors (Lipinski definition) is 4. The lowest BCUT2D eigenvalue weighted by Gasteiger charge is -2.13. The van der Waals surface area contributed by atoms with Gasteiger partial charge in [-0.2, -0.15) is 0 Å². The van der Waals surface area contributed by atoms with Crippen LogP contribution in [0.25, 0.3) is 0 Å². The summed E-state index contributed by atoms with van der Waals surface area (Å²) in [5.74, 6) is -0.465. The molecule has 0 aliphatic rings. The zero-order chi connectivity index (χ0) is 19.3. The molecule has 6 nitrogen and oxygen atoms in total. The number of hydrogen-bond donors (Lipinski definition) is 2. The number of carboxylic acids is 1. The van der Waals surface area contributed by atoms with Crippen LogP contribution in [0, 0.1) is 0 Å². The predicted molar refractivity (Wildman–Crippen MR) is 99.6 cm³/mol. The largest absolute Gasteiger partial charge is 0.493 e. The number of methoxy groups -OCH3 is 1. The Morgan fingerprint density at radius 3 is 2.38 bits per heavy atom. The van der Waals surface area contributed by atoms with Gasteiger partial charge >= 0.3 is 5.97 Å². The first-order valence-corrected chi connectivity index (χ1v) is 8.33. The van der Waals surface area contributed by atoms with Crippen molar-refractivity contribution in [2.75, 3.05) is 19.0 Å². The zero-order valence-corrected chi connectivity index (χ0v) is 15.5. The molecule has 0 unspecified atom stereocenters. The molecule has 7 heteroatoms. The minimum atomic E-state index is -1.16. The van der Waals surface area contributed by atoms with E-state index in [4.69, 9.17) is 26.2 Å². The van der Waals surface area contributed by atoms with E-state index in [-0.39, 0.29) is 28.6 Å². The summed E-state index contributed by atoms with van der Waals surface area (Å²) in [5, 5.41) is 11.8. The lowest BCUT2D eigenvalue weighted by atomic mass is 10.0. The van der Waals surface area contributed by atoms with Crippen LogP contribution >= 0.6 is 11.6 Å². The number of anilines is 1. The van der Waals surface area contributed by atoms with Gasteiger partial charge in [-0.3, -0.25) is 4.79 Å². The van der Waals surface area contributed by atoms with Gasteiger partial charge in [-0.1, -0.05) is 37.6 Å². The van der Waals surface area contributed by atoms with E-state index in [0.717, 1.165) is 0 Å². The van der Waals surface area contributed by atoms with Gasteiger partial charge in [-0.05, 0) is 35.7 Å². The van der Waals surface area contributed by atoms with Crippen LogP contribution in [-0.2, 0) is 4.79 Å². The average Bonchev–Trinajstić information content (AvgIpc) is 2.60. The Labute approximate surface area is 156 Å². The average molecular weight is 378 g/mol. The van der Waals surface area contributed by atoms with Gasteiger partial charge < -0.3 is 19.9 Å². The van der Waals surface area contributed by atoms with Crippen molar-refractivity contribution < 1.29 is 24.2 Å². The van der Waals surface area contributed by atoms with Crippen molar-refractivity contribution in [3.05, 3.63) is 52.5 Å². The summed E-state index contributed by atoms with van der Waals surface area (Å²) in [7, 11) is 1.38. The standard InChI is InChI=1S/C19H20ClNO5/c1-11(2)12-4-6-14(7-5-12)26-10-17(22)21-16-9-13(19(23)24)8-15(20)18(16)25-3/h4-9,11H,10H2,1-3H3,(H,21,22)(H,23,24). The first-order chi connectivity index (χ1) is 12.3. The summed E-state index contributed by atoms with van der Waals surface area (Å²) in [5.41, 5.74) is 1.28. The quantitative estimate of drug-likeness (QED) is 0.755. The molecule has 0 fully saturated rings. The molecule has 0 spiro atoms. The maximum Gasteiger partial charge on any atom is 0.335 e. The molecular formula is C19H20ClNO5. The van der Waals surface area contributed by atoms with Crippen molar-refractivity contribution >= 4 is 29.2 Å². The van der Waals surface area contributed by atoms with E-state index in [1.165, 1.54) is 24.8 Å². The van der Waals surface area contributed by atoms with E-state index in [1.807, 2.05) is 12.1 Å². The summed E-state index contributed by atoms with van der Waals surface area (Å²) in [6.45, 7) is 3.94. The second-order valence-electron chi connectivity index (χ2n) is 5.90. The van der Waals surface area contributed by atoms with Crippen LogP contribution in [0.5, 0.6) is 11.5 Å². The first kappa shape index (κ1) is 19.6. The van der Waals surface area contributed by atoms with Crippen LogP contribution in [0.2, 0.25) is 5.02 Å². The van der Waals surface area contributed by atoms with Gasteiger partial charge in [-0.25, -0.2) is 4.79 Å². The summed E-state index contributed by atoms with van der Waals surface area (Å²) < 4.78 is 10.6. The molecule has 0 heterocycles. The normalized spacial score (nSPS) is 10.5. The molecule has 0 aromatic heterocycles. The highest BCUT2D eigenvalue weighted by molar-refractivity contribution is 6.33. The number of benzene rings is 2. The highest BCUT2D eigenvalue weighted by Crippen LogP contribution is 2.34. The van der Waals surface area contributed by atoms with Gasteiger partial charge in [0.05, 0.1) is 23.4 Å². The predicted octanol–water partition coefficient (Wildman–Crippen LogP) is 4.19. The van der Waals surface area contributed by atoms with Gasteiger partial charge in [0.25, 0.3) is 5.91 Å². The Balaban J connectivity index is 2.06. The highest BCUT2D eigenvalue weighted by atomic mass is 35.5. The van der Waals surface area contributed by atoms with Gasteiger partial charge in [0.1, 0.15) is 5.75 Å². The molecule has 2 aromatic rings. The Hall–Kier alpha value is -2.73. The zero-order valence-electron chi connectivity index (χ0n) is 14.7. The molecule has 0 aliphatic heterocycles. The second-order valence-corrected chi connectivity index (χ2v) is 6.31. The number of halogens is 1. The molecule has 2 aromatic carbocycles. The third-order valence-corrected chi connectivity index (χ3v) is 3.97. The lowest BCUT2D eigenvalue weighted by Crippen LogP contribution is -2.21. The molecule has 0 bridgehead atoms. The Morgan fingerprint density at radius 1 is 1.19 bits per heavy atom. The van der Waals surface area contributed by atoms with E-state index >= 15 is 0 Å². The SMILES string of the molecule is COc1c(Cl)cc(C(=O)O)cc1NC(=O)COc1ccc(C(C)C)cc1. The minimum Gasteiger partial charge on any atom is -0.493 e. The van der Waals surface area contributed by atoms with E-state index < -0.39 is 11.9 Å². The number of nitrogens with one attached hydrogen (secondary N) is 1. The van der Waals surface area contributed by atoms with Crippen molar-refractivity contribution in [1.82, 2.24) is 0 Å². The minimum absolute atomic E-state index is 0.0590. The van der Waals surface area contributed by atoms with Crippen LogP contribution < -0.4 is 14.8 Å². The fourth-order valence-electron chi connectivity index (χ4n) is 2.30. The third kappa shape index (κ3) is 4.89. The van der Waals surface area contributed by atoms with E-state index in [1.54, 1.807) is 12.1 Å². The van der Waals surface area contributed by atoms with E-state index in [9.17, 15) is 9.59 Å². The molecular weight excluding hydrogens is 358 g/mol. The molecule has 0 saturated carbocycles. The highest BCUT2D eigenvalue weighted by Gasteiger charge is 2.16. The van der Waals surface area contributed by atoms with Crippen molar-refractivity contribution in [2.24, 2.45) is 0 Å². The van der Waals surface area contributed by atoms with Gasteiger partial charge in [0, 0.05) is 0 Å². The van der Waals surface area contributed by atoms with E-state index in [0.29, 0.717) is 11.7 Å². The van der Waals surface area contributed by atoms with Crippen LogP contribution in [0.3, 0.4) is 0 Å². The summed E-state index contributed by atoms with van der Waals surface area (Å²) >= 11 is 6.00. The number of aromatic carboxylic acids is 1. The number of carbonyl (C=O) groups excluding carboxylic acids is 1. The topological polar surface area (TPSA) is 84.9 Å². The molecule has 0 aliphatic carbocycles. The molecule has 0 atom stereocenters. The number of ether oxygens (including phenoxy) is 2. The maximum atomic E-state index is 12.1. The van der Waals surface area contributed by atoms with Gasteiger partial charge in [0.15, 0.2) is 12.4 Å². The van der Waals surface area contributed by atoms with Crippen LogP contribution in [0.15, 0.2) is 36.4 Å². The Kier molecular flexibility index (Phi) is 6.46. The number of carbonyl (C=O) groups is 2. The fourth-order valence-corrected chi connectivity index (χ4v) is 2.60. The molecule has 138 valence electrons. The monoisotopic (exact) mass is 377 g/mol. The molecule has 1 amide bonds. The summed E-state index contributed by atoms with van der Waals surface area (Å²) in [6, 6.07) is 10.0. The smallest absolute Gasteiger partial charge is 0.335 e. The van der Waals surface area contributed by atoms with Crippen molar-refractivity contribution in [1.29, 1.82) is 0 Å². The van der Waals surface area contributed by atoms with Crippen LogP contribution in [0.1, 0.15) is 35.7 Å². The fraction of sp³-hybridized carbons (Fsp3) is 0.263. The number of amides is 1. The first-order valence-electron chi connectivity index (χ1n) is 7.95. The van der Waals surface area contributed by atoms with E-state index in [2.05, 4.69) is 19.2 Å². The molecule has 2 rings (SSSR count). The third-order valence-electron chi connectivity index (χ3n) is 3.69. The lowest BCUT2D eigenvalue weighted by molar-refractivity contribution is -0.118. The van der Waals surface area contributed by atoms with Crippen molar-refractivity contribution in [2.45, 2.75) is 19.8 Å². The molecule has 0 saturated heterocycles. The van der Waals surface area contributed by atoms with Crippen LogP contribution in [-0.4, -0.2) is 30.7 Å². The molecule has 26 heavy (non-hydrogen) atoms.